The molecule has 0 aliphatic heterocycles. The molecule has 1 aromatic carbocycles. The van der Waals surface area contributed by atoms with Gasteiger partial charge in [0.05, 0.1) is 9.35 Å². The van der Waals surface area contributed by atoms with Crippen LogP contribution in [0.3, 0.4) is 0 Å². The third-order valence-electron chi connectivity index (χ3n) is 3.43. The number of carbonyl (C=O) groups is 1. The first-order valence-corrected chi connectivity index (χ1v) is 8.32. The summed E-state index contributed by atoms with van der Waals surface area (Å²) in [5, 5.41) is 4.00. The fourth-order valence-electron chi connectivity index (χ4n) is 2.40. The molecule has 3 rings (SSSR count). The molecule has 108 valence electrons. The van der Waals surface area contributed by atoms with Crippen molar-refractivity contribution in [2.45, 2.75) is 6.42 Å². The summed E-state index contributed by atoms with van der Waals surface area (Å²) in [5.74, 6) is -0.0116. The lowest BCUT2D eigenvalue weighted by Crippen LogP contribution is -2.25. The van der Waals surface area contributed by atoms with E-state index in [2.05, 4.69) is 27.3 Å². The highest BCUT2D eigenvalue weighted by molar-refractivity contribution is 9.11. The normalized spacial score (nSPS) is 11.0. The lowest BCUT2D eigenvalue weighted by atomic mass is 10.1. The van der Waals surface area contributed by atoms with Gasteiger partial charge in [0.25, 0.3) is 5.91 Å². The molecule has 3 nitrogen and oxygen atoms in total. The minimum absolute atomic E-state index is 0.0116. The van der Waals surface area contributed by atoms with Gasteiger partial charge < -0.3 is 9.88 Å². The summed E-state index contributed by atoms with van der Waals surface area (Å²) in [6.07, 6.45) is 2.74. The van der Waals surface area contributed by atoms with Gasteiger partial charge in [0.1, 0.15) is 0 Å². The molecule has 0 saturated carbocycles. The molecule has 0 radical (unpaired) electrons. The van der Waals surface area contributed by atoms with Crippen LogP contribution in [0.15, 0.2) is 46.4 Å². The number of nitrogens with zero attached hydrogens (tertiary/aromatic N) is 1. The van der Waals surface area contributed by atoms with Crippen molar-refractivity contribution in [3.05, 3.63) is 56.8 Å². The van der Waals surface area contributed by atoms with Crippen molar-refractivity contribution in [3.8, 4) is 0 Å². The zero-order chi connectivity index (χ0) is 14.8. The van der Waals surface area contributed by atoms with Crippen LogP contribution in [0.1, 0.15) is 15.2 Å². The van der Waals surface area contributed by atoms with Crippen LogP contribution in [0.25, 0.3) is 10.9 Å². The predicted octanol–water partition coefficient (Wildman–Crippen LogP) is 3.97. The minimum Gasteiger partial charge on any atom is -0.352 e. The lowest BCUT2D eigenvalue weighted by molar-refractivity contribution is 0.0955. The maximum Gasteiger partial charge on any atom is 0.253 e. The standard InChI is InChI=1S/C16H15BrN2OS/c1-19-10-13(12-4-2-3-5-14(12)19)16(20)18-9-8-11-6-7-15(17)21-11/h2-7,10H,8-9H2,1H3,(H,18,20). The van der Waals surface area contributed by atoms with E-state index in [-0.39, 0.29) is 5.91 Å². The molecule has 0 aliphatic rings. The van der Waals surface area contributed by atoms with E-state index in [1.54, 1.807) is 11.3 Å². The van der Waals surface area contributed by atoms with E-state index < -0.39 is 0 Å². The number of benzene rings is 1. The lowest BCUT2D eigenvalue weighted by Gasteiger charge is -2.03. The number of halogens is 1. The van der Waals surface area contributed by atoms with Crippen molar-refractivity contribution >= 4 is 44.1 Å². The molecule has 0 aliphatic carbocycles. The Balaban J connectivity index is 1.69. The van der Waals surface area contributed by atoms with E-state index in [0.717, 1.165) is 26.7 Å². The van der Waals surface area contributed by atoms with Crippen LogP contribution in [-0.4, -0.2) is 17.0 Å². The maximum absolute atomic E-state index is 12.3. The van der Waals surface area contributed by atoms with Gasteiger partial charge >= 0.3 is 0 Å². The number of hydrogen-bond donors (Lipinski definition) is 1. The van der Waals surface area contributed by atoms with Crippen LogP contribution in [0.2, 0.25) is 0 Å². The summed E-state index contributed by atoms with van der Waals surface area (Å²) in [5.41, 5.74) is 1.81. The number of fused-ring (bicyclic) bond motifs is 1. The molecule has 5 heteroatoms. The molecule has 21 heavy (non-hydrogen) atoms. The number of rotatable bonds is 4. The molecule has 1 amide bonds. The number of aromatic nitrogens is 1. The van der Waals surface area contributed by atoms with Crippen molar-refractivity contribution in [1.82, 2.24) is 9.88 Å². The van der Waals surface area contributed by atoms with Crippen LogP contribution >= 0.6 is 27.3 Å². The summed E-state index contributed by atoms with van der Waals surface area (Å²) in [4.78, 5) is 13.6. The Bertz CT molecular complexity index is 791. The summed E-state index contributed by atoms with van der Waals surface area (Å²) < 4.78 is 3.11. The van der Waals surface area contributed by atoms with E-state index in [0.29, 0.717) is 6.54 Å². The van der Waals surface area contributed by atoms with Gasteiger partial charge in [-0.15, -0.1) is 11.3 Å². The second-order valence-electron chi connectivity index (χ2n) is 4.88. The molecule has 2 heterocycles. The zero-order valence-corrected chi connectivity index (χ0v) is 14.0. The number of hydrogen-bond acceptors (Lipinski definition) is 2. The molecule has 2 aromatic heterocycles. The monoisotopic (exact) mass is 362 g/mol. The highest BCUT2D eigenvalue weighted by Crippen LogP contribution is 2.22. The zero-order valence-electron chi connectivity index (χ0n) is 11.6. The van der Waals surface area contributed by atoms with Gasteiger partial charge in [-0.05, 0) is 40.5 Å². The third kappa shape index (κ3) is 3.04. The Hall–Kier alpha value is -1.59. The van der Waals surface area contributed by atoms with Crippen molar-refractivity contribution in [2.24, 2.45) is 7.05 Å². The highest BCUT2D eigenvalue weighted by Gasteiger charge is 2.12. The number of para-hydroxylation sites is 1. The van der Waals surface area contributed by atoms with Gasteiger partial charge in [0, 0.05) is 35.6 Å². The molecule has 0 spiro atoms. The van der Waals surface area contributed by atoms with E-state index in [9.17, 15) is 4.79 Å². The molecule has 0 atom stereocenters. The topological polar surface area (TPSA) is 34.0 Å². The van der Waals surface area contributed by atoms with Gasteiger partial charge in [-0.1, -0.05) is 18.2 Å². The summed E-state index contributed by atoms with van der Waals surface area (Å²) in [7, 11) is 1.96. The Morgan fingerprint density at radius 3 is 2.86 bits per heavy atom. The van der Waals surface area contributed by atoms with Crippen LogP contribution in [-0.2, 0) is 13.5 Å². The second kappa shape index (κ2) is 6.03. The maximum atomic E-state index is 12.3. The van der Waals surface area contributed by atoms with Gasteiger partial charge in [0.2, 0.25) is 0 Å². The van der Waals surface area contributed by atoms with Crippen molar-refractivity contribution in [1.29, 1.82) is 0 Å². The molecular formula is C16H15BrN2OS. The highest BCUT2D eigenvalue weighted by atomic mass is 79.9. The Morgan fingerprint density at radius 2 is 2.10 bits per heavy atom. The molecular weight excluding hydrogens is 348 g/mol. The number of nitrogens with one attached hydrogen (secondary N) is 1. The molecule has 0 unspecified atom stereocenters. The average molecular weight is 363 g/mol. The largest absolute Gasteiger partial charge is 0.352 e. The van der Waals surface area contributed by atoms with Gasteiger partial charge in [-0.2, -0.15) is 0 Å². The summed E-state index contributed by atoms with van der Waals surface area (Å²) >= 11 is 5.15. The van der Waals surface area contributed by atoms with Crippen LogP contribution in [0.5, 0.6) is 0 Å². The summed E-state index contributed by atoms with van der Waals surface area (Å²) in [6.45, 7) is 0.648. The third-order valence-corrected chi connectivity index (χ3v) is 5.11. The minimum atomic E-state index is -0.0116. The fraction of sp³-hybridized carbons (Fsp3) is 0.188. The van der Waals surface area contributed by atoms with Crippen LogP contribution in [0, 0.1) is 0 Å². The van der Waals surface area contributed by atoms with Crippen LogP contribution in [0.4, 0.5) is 0 Å². The number of amides is 1. The first-order valence-electron chi connectivity index (χ1n) is 6.71. The fourth-order valence-corrected chi connectivity index (χ4v) is 3.89. The van der Waals surface area contributed by atoms with Gasteiger partial charge in [-0.25, -0.2) is 0 Å². The quantitative estimate of drug-likeness (QED) is 0.748. The Labute approximate surface area is 135 Å². The first-order chi connectivity index (χ1) is 10.1. The first kappa shape index (κ1) is 14.4. The van der Waals surface area contributed by atoms with Gasteiger partial charge in [0.15, 0.2) is 0 Å². The SMILES string of the molecule is Cn1cc(C(=O)NCCc2ccc(Br)s2)c2ccccc21. The average Bonchev–Trinajstić information content (AvgIpc) is 3.04. The van der Waals surface area contributed by atoms with Crippen molar-refractivity contribution < 1.29 is 4.79 Å². The summed E-state index contributed by atoms with van der Waals surface area (Å²) in [6, 6.07) is 12.1. The molecule has 0 bridgehead atoms. The molecule has 1 N–H and O–H groups in total. The smallest absolute Gasteiger partial charge is 0.253 e. The number of carbonyl (C=O) groups excluding carboxylic acids is 1. The molecule has 3 aromatic rings. The van der Waals surface area contributed by atoms with E-state index >= 15 is 0 Å². The Kier molecular flexibility index (Phi) is 4.12. The molecule has 0 saturated heterocycles. The van der Waals surface area contributed by atoms with Crippen molar-refractivity contribution in [2.75, 3.05) is 6.54 Å². The van der Waals surface area contributed by atoms with E-state index in [4.69, 9.17) is 0 Å². The van der Waals surface area contributed by atoms with E-state index in [1.807, 2.05) is 48.1 Å². The number of thiophene rings is 1. The van der Waals surface area contributed by atoms with Crippen molar-refractivity contribution in [3.63, 3.8) is 0 Å². The van der Waals surface area contributed by atoms with E-state index in [1.165, 1.54) is 4.88 Å². The predicted molar refractivity (Wildman–Crippen MR) is 91.0 cm³/mol. The molecule has 0 fully saturated rings. The second-order valence-corrected chi connectivity index (χ2v) is 7.43. The Morgan fingerprint density at radius 1 is 1.29 bits per heavy atom. The van der Waals surface area contributed by atoms with Gasteiger partial charge in [-0.3, -0.25) is 4.79 Å². The van der Waals surface area contributed by atoms with Crippen LogP contribution < -0.4 is 5.32 Å². The number of aryl methyl sites for hydroxylation is 1.